The molecule has 8 heteroatoms. The van der Waals surface area contributed by atoms with E-state index in [1.807, 2.05) is 13.0 Å². The third kappa shape index (κ3) is 3.81. The van der Waals surface area contributed by atoms with Crippen molar-refractivity contribution in [2.75, 3.05) is 30.7 Å². The molecule has 0 unspecified atom stereocenters. The van der Waals surface area contributed by atoms with Crippen LogP contribution in [0.25, 0.3) is 10.2 Å². The van der Waals surface area contributed by atoms with Gasteiger partial charge in [-0.05, 0) is 24.7 Å². The lowest BCUT2D eigenvalue weighted by Gasteiger charge is -2.04. The molecule has 0 radical (unpaired) electrons. The number of hydrogen-bond donors (Lipinski definition) is 2. The lowest BCUT2D eigenvalue weighted by atomic mass is 10.3. The Hall–Kier alpha value is -1.38. The second-order valence-corrected chi connectivity index (χ2v) is 7.00. The highest BCUT2D eigenvalue weighted by Gasteiger charge is 2.13. The minimum atomic E-state index is -3.37. The van der Waals surface area contributed by atoms with Crippen LogP contribution in [0.5, 0.6) is 5.75 Å². The molecule has 0 spiro atoms. The van der Waals surface area contributed by atoms with Gasteiger partial charge in [0, 0.05) is 6.54 Å². The summed E-state index contributed by atoms with van der Waals surface area (Å²) in [4.78, 5) is 4.25. The van der Waals surface area contributed by atoms with E-state index in [9.17, 15) is 8.42 Å². The van der Waals surface area contributed by atoms with Gasteiger partial charge in [-0.25, -0.2) is 13.4 Å². The Balaban J connectivity index is 2.13. The summed E-state index contributed by atoms with van der Waals surface area (Å²) in [7, 11) is -1.78. The van der Waals surface area contributed by atoms with Crippen molar-refractivity contribution in [3.8, 4) is 5.75 Å². The van der Waals surface area contributed by atoms with Crippen molar-refractivity contribution in [3.63, 3.8) is 0 Å². The maximum absolute atomic E-state index is 11.9. The largest absolute Gasteiger partial charge is 0.497 e. The van der Waals surface area contributed by atoms with Gasteiger partial charge >= 0.3 is 0 Å². The number of nitrogens with one attached hydrogen (secondary N) is 2. The third-order valence-electron chi connectivity index (χ3n) is 2.64. The maximum atomic E-state index is 11.9. The molecule has 6 nitrogen and oxygen atoms in total. The molecule has 0 bridgehead atoms. The summed E-state index contributed by atoms with van der Waals surface area (Å²) in [5, 5.41) is 3.36. The smallest absolute Gasteiger partial charge is 0.235 e. The molecule has 0 aliphatic heterocycles. The average molecular weight is 315 g/mol. The van der Waals surface area contributed by atoms with Gasteiger partial charge in [-0.15, -0.1) is 0 Å². The van der Waals surface area contributed by atoms with E-state index < -0.39 is 10.0 Å². The topological polar surface area (TPSA) is 80.3 Å². The predicted octanol–water partition coefficient (Wildman–Crippen LogP) is 1.66. The van der Waals surface area contributed by atoms with Crippen molar-refractivity contribution in [2.45, 2.75) is 6.92 Å². The fourth-order valence-electron chi connectivity index (χ4n) is 1.64. The van der Waals surface area contributed by atoms with Gasteiger partial charge in [0.2, 0.25) is 10.0 Å². The average Bonchev–Trinajstić information content (AvgIpc) is 2.78. The second kappa shape index (κ2) is 6.38. The van der Waals surface area contributed by atoms with Gasteiger partial charge < -0.3 is 10.1 Å². The van der Waals surface area contributed by atoms with E-state index >= 15 is 0 Å². The number of rotatable bonds is 7. The minimum absolute atomic E-state index is 0.0279. The third-order valence-corrected chi connectivity index (χ3v) is 4.94. The Bertz CT molecular complexity index is 682. The van der Waals surface area contributed by atoms with Crippen LogP contribution in [0, 0.1) is 0 Å². The fourth-order valence-corrected chi connectivity index (χ4v) is 3.76. The van der Waals surface area contributed by atoms with E-state index in [0.29, 0.717) is 11.7 Å². The molecule has 2 aromatic rings. The molecule has 0 aliphatic carbocycles. The van der Waals surface area contributed by atoms with Gasteiger partial charge in [-0.3, -0.25) is 4.72 Å². The van der Waals surface area contributed by atoms with Crippen LogP contribution in [0.2, 0.25) is 0 Å². The number of ether oxygens (including phenoxy) is 1. The van der Waals surface area contributed by atoms with E-state index in [0.717, 1.165) is 22.5 Å². The second-order valence-electron chi connectivity index (χ2n) is 4.13. The van der Waals surface area contributed by atoms with E-state index in [1.54, 1.807) is 19.2 Å². The highest BCUT2D eigenvalue weighted by Crippen LogP contribution is 2.29. The Kier molecular flexibility index (Phi) is 4.79. The fraction of sp³-hybridized carbons (Fsp3) is 0.417. The van der Waals surface area contributed by atoms with Crippen molar-refractivity contribution < 1.29 is 13.2 Å². The molecular formula is C12H17N3O3S2. The number of anilines is 1. The van der Waals surface area contributed by atoms with Crippen LogP contribution in [0.15, 0.2) is 18.2 Å². The molecule has 1 aromatic heterocycles. The van der Waals surface area contributed by atoms with E-state index in [2.05, 4.69) is 15.0 Å². The molecule has 110 valence electrons. The van der Waals surface area contributed by atoms with Gasteiger partial charge in [-0.1, -0.05) is 18.3 Å². The monoisotopic (exact) mass is 315 g/mol. The molecule has 20 heavy (non-hydrogen) atoms. The first-order chi connectivity index (χ1) is 9.54. The summed E-state index contributed by atoms with van der Waals surface area (Å²) in [5.74, 6) is 0.753. The SMILES string of the molecule is CCNCCS(=O)(=O)Nc1nc2ccc(OC)cc2s1. The molecule has 1 heterocycles. The number of nitrogens with zero attached hydrogens (tertiary/aromatic N) is 1. The number of benzene rings is 1. The summed E-state index contributed by atoms with van der Waals surface area (Å²) in [5.41, 5.74) is 0.750. The Morgan fingerprint density at radius 3 is 2.90 bits per heavy atom. The van der Waals surface area contributed by atoms with Crippen LogP contribution in [-0.2, 0) is 10.0 Å². The number of aromatic nitrogens is 1. The highest BCUT2D eigenvalue weighted by atomic mass is 32.2. The van der Waals surface area contributed by atoms with Crippen molar-refractivity contribution in [1.29, 1.82) is 0 Å². The van der Waals surface area contributed by atoms with Gasteiger partial charge in [0.25, 0.3) is 0 Å². The molecule has 0 fully saturated rings. The van der Waals surface area contributed by atoms with E-state index in [-0.39, 0.29) is 5.75 Å². The zero-order valence-corrected chi connectivity index (χ0v) is 13.0. The first kappa shape index (κ1) is 15.0. The molecule has 0 amide bonds. The van der Waals surface area contributed by atoms with Crippen LogP contribution in [0.4, 0.5) is 5.13 Å². The molecule has 0 aliphatic rings. The summed E-state index contributed by atoms with van der Waals surface area (Å²) in [6, 6.07) is 5.44. The summed E-state index contributed by atoms with van der Waals surface area (Å²) < 4.78 is 32.2. The van der Waals surface area contributed by atoms with Gasteiger partial charge in [0.15, 0.2) is 5.13 Å². The van der Waals surface area contributed by atoms with Crippen molar-refractivity contribution in [2.24, 2.45) is 0 Å². The normalized spacial score (nSPS) is 11.7. The lowest BCUT2D eigenvalue weighted by molar-refractivity contribution is 0.415. The lowest BCUT2D eigenvalue weighted by Crippen LogP contribution is -2.26. The molecule has 2 rings (SSSR count). The quantitative estimate of drug-likeness (QED) is 0.760. The highest BCUT2D eigenvalue weighted by molar-refractivity contribution is 7.92. The molecular weight excluding hydrogens is 298 g/mol. The number of hydrogen-bond acceptors (Lipinski definition) is 6. The zero-order valence-electron chi connectivity index (χ0n) is 11.3. The van der Waals surface area contributed by atoms with E-state index in [4.69, 9.17) is 4.74 Å². The molecule has 1 aromatic carbocycles. The number of methoxy groups -OCH3 is 1. The first-order valence-corrected chi connectivity index (χ1v) is 8.66. The van der Waals surface area contributed by atoms with Crippen LogP contribution >= 0.6 is 11.3 Å². The number of sulfonamides is 1. The Labute approximate surface area is 122 Å². The predicted molar refractivity (Wildman–Crippen MR) is 82.1 cm³/mol. The van der Waals surface area contributed by atoms with Crippen LogP contribution < -0.4 is 14.8 Å². The summed E-state index contributed by atoms with van der Waals surface area (Å²) in [6.45, 7) is 3.10. The van der Waals surface area contributed by atoms with Gasteiger partial charge in [0.05, 0.1) is 23.1 Å². The Morgan fingerprint density at radius 1 is 1.40 bits per heavy atom. The minimum Gasteiger partial charge on any atom is -0.497 e. The van der Waals surface area contributed by atoms with E-state index in [1.165, 1.54) is 11.3 Å². The summed E-state index contributed by atoms with van der Waals surface area (Å²) in [6.07, 6.45) is 0. The van der Waals surface area contributed by atoms with Crippen LogP contribution in [0.3, 0.4) is 0 Å². The van der Waals surface area contributed by atoms with Gasteiger partial charge in [0.1, 0.15) is 5.75 Å². The molecule has 0 saturated carbocycles. The molecule has 0 atom stereocenters. The Morgan fingerprint density at radius 2 is 2.20 bits per heavy atom. The first-order valence-electron chi connectivity index (χ1n) is 6.20. The van der Waals surface area contributed by atoms with Crippen molar-refractivity contribution in [1.82, 2.24) is 10.3 Å². The summed E-state index contributed by atoms with van der Waals surface area (Å²) >= 11 is 1.29. The molecule has 0 saturated heterocycles. The zero-order chi connectivity index (χ0) is 14.6. The van der Waals surface area contributed by atoms with Crippen molar-refractivity contribution >= 4 is 36.7 Å². The standard InChI is InChI=1S/C12H17N3O3S2/c1-3-13-6-7-20(16,17)15-12-14-10-5-4-9(18-2)8-11(10)19-12/h4-5,8,13H,3,6-7H2,1-2H3,(H,14,15). The van der Waals surface area contributed by atoms with Crippen LogP contribution in [0.1, 0.15) is 6.92 Å². The maximum Gasteiger partial charge on any atom is 0.235 e. The van der Waals surface area contributed by atoms with Crippen molar-refractivity contribution in [3.05, 3.63) is 18.2 Å². The van der Waals surface area contributed by atoms with Crippen LogP contribution in [-0.4, -0.2) is 39.4 Å². The molecule has 2 N–H and O–H groups in total. The number of fused-ring (bicyclic) bond motifs is 1. The number of thiazole rings is 1. The van der Waals surface area contributed by atoms with Gasteiger partial charge in [-0.2, -0.15) is 0 Å².